The second-order valence-electron chi connectivity index (χ2n) is 2.32. The summed E-state index contributed by atoms with van der Waals surface area (Å²) < 4.78 is 0. The van der Waals surface area contributed by atoms with Gasteiger partial charge in [-0.2, -0.15) is 24.3 Å². The molecule has 2 rings (SSSR count). The summed E-state index contributed by atoms with van der Waals surface area (Å²) in [7, 11) is 0. The number of aromatic nitrogens is 1. The summed E-state index contributed by atoms with van der Waals surface area (Å²) in [5.74, 6) is 0. The van der Waals surface area contributed by atoms with E-state index < -0.39 is 0 Å². The van der Waals surface area contributed by atoms with E-state index in [0.29, 0.717) is 0 Å². The molecule has 0 unspecified atom stereocenters. The Balaban J connectivity index is 0.000000720. The summed E-state index contributed by atoms with van der Waals surface area (Å²) >= 11 is 0. The molecule has 0 bridgehead atoms. The number of nitrogens with one attached hydrogen (secondary N) is 1. The molecule has 0 saturated carbocycles. The van der Waals surface area contributed by atoms with Crippen molar-refractivity contribution in [2.45, 2.75) is 0 Å². The summed E-state index contributed by atoms with van der Waals surface area (Å²) in [6.45, 7) is 0. The van der Waals surface area contributed by atoms with Gasteiger partial charge in [-0.15, -0.1) is 11.5 Å². The van der Waals surface area contributed by atoms with E-state index >= 15 is 0 Å². The Labute approximate surface area is 94.9 Å². The van der Waals surface area contributed by atoms with Gasteiger partial charge >= 0.3 is 32.7 Å². The second-order valence-corrected chi connectivity index (χ2v) is 2.32. The first kappa shape index (κ1) is 9.62. The van der Waals surface area contributed by atoms with Crippen LogP contribution in [0.3, 0.4) is 0 Å². The first-order chi connectivity index (χ1) is 5.36. The maximum absolute atomic E-state index is 10.8. The summed E-state index contributed by atoms with van der Waals surface area (Å²) in [4.78, 5) is 13.5. The van der Waals surface area contributed by atoms with Crippen molar-refractivity contribution >= 4 is 10.9 Å². The number of aromatic amines is 1. The molecule has 0 fully saturated rings. The van der Waals surface area contributed by atoms with Gasteiger partial charge in [-0.05, 0) is 6.07 Å². The third-order valence-electron chi connectivity index (χ3n) is 1.55. The van der Waals surface area contributed by atoms with E-state index in [1.54, 1.807) is 12.1 Å². The van der Waals surface area contributed by atoms with E-state index in [1.807, 2.05) is 12.1 Å². The summed E-state index contributed by atoms with van der Waals surface area (Å²) in [5, 5.41) is 1.01. The number of H-pyrrole nitrogens is 1. The maximum Gasteiger partial charge on any atom is 3.00 e. The minimum Gasteiger partial charge on any atom is -0.346 e. The normalized spacial score (nSPS) is 9.33. The zero-order chi connectivity index (χ0) is 7.68. The molecule has 0 spiro atoms. The van der Waals surface area contributed by atoms with Gasteiger partial charge in [-0.25, -0.2) is 0 Å². The Hall–Kier alpha value is -0.466. The third kappa shape index (κ3) is 1.82. The van der Waals surface area contributed by atoms with Gasteiger partial charge in [0.05, 0.1) is 0 Å². The molecule has 0 saturated heterocycles. The third-order valence-corrected chi connectivity index (χ3v) is 1.55. The molecular weight excluding hydrogens is 227 g/mol. The molecule has 1 N–H and O–H groups in total. The average Bonchev–Trinajstić information content (AvgIpc) is 2.04. The van der Waals surface area contributed by atoms with Crippen molar-refractivity contribution in [3.63, 3.8) is 0 Å². The van der Waals surface area contributed by atoms with Crippen LogP contribution in [0.5, 0.6) is 0 Å². The van der Waals surface area contributed by atoms with Crippen LogP contribution in [0.4, 0.5) is 0 Å². The minimum absolute atomic E-state index is 0. The van der Waals surface area contributed by atoms with Crippen molar-refractivity contribution in [1.29, 1.82) is 0 Å². The van der Waals surface area contributed by atoms with Gasteiger partial charge in [0.25, 0.3) is 0 Å². The van der Waals surface area contributed by atoms with Gasteiger partial charge in [-0.3, -0.25) is 4.79 Å². The van der Waals surface area contributed by atoms with E-state index in [-0.39, 0.29) is 38.3 Å². The van der Waals surface area contributed by atoms with Crippen molar-refractivity contribution in [2.24, 2.45) is 0 Å². The van der Waals surface area contributed by atoms with E-state index in [9.17, 15) is 4.79 Å². The molecule has 2 aromatic rings. The topological polar surface area (TPSA) is 32.9 Å². The standard InChI is InChI=1S/C9H6NO.Y/c11-9-6-5-7-3-1-2-4-8(7)10-9;/h1-3,5-6H,(H,10,11);/q-1;+3. The quantitative estimate of drug-likeness (QED) is 0.684. The molecule has 1 aromatic heterocycles. The van der Waals surface area contributed by atoms with E-state index in [4.69, 9.17) is 0 Å². The zero-order valence-corrected chi connectivity index (χ0v) is 9.21. The molecular formula is C9H6NOY+2. The molecule has 0 aliphatic rings. The number of hydrogen-bond donors (Lipinski definition) is 1. The molecule has 1 aromatic carbocycles. The van der Waals surface area contributed by atoms with Crippen LogP contribution in [-0.2, 0) is 32.7 Å². The Morgan fingerprint density at radius 1 is 1.25 bits per heavy atom. The van der Waals surface area contributed by atoms with Crippen molar-refractivity contribution < 1.29 is 32.7 Å². The van der Waals surface area contributed by atoms with Crippen molar-refractivity contribution in [1.82, 2.24) is 4.98 Å². The number of hydrogen-bond acceptors (Lipinski definition) is 1. The monoisotopic (exact) mass is 233 g/mol. The molecule has 2 nitrogen and oxygen atoms in total. The molecule has 1 heterocycles. The van der Waals surface area contributed by atoms with Crippen LogP contribution in [0.1, 0.15) is 0 Å². The fourth-order valence-electron chi connectivity index (χ4n) is 1.03. The molecule has 54 valence electrons. The minimum atomic E-state index is -0.0834. The average molecular weight is 233 g/mol. The van der Waals surface area contributed by atoms with Crippen LogP contribution in [0.2, 0.25) is 0 Å². The number of rotatable bonds is 0. The molecule has 12 heavy (non-hydrogen) atoms. The van der Waals surface area contributed by atoms with Crippen molar-refractivity contribution in [2.75, 3.05) is 0 Å². The largest absolute Gasteiger partial charge is 3.00 e. The van der Waals surface area contributed by atoms with Crippen LogP contribution in [0.15, 0.2) is 35.1 Å². The molecule has 0 atom stereocenters. The van der Waals surface area contributed by atoms with Crippen molar-refractivity contribution in [3.8, 4) is 0 Å². The second kappa shape index (κ2) is 3.97. The smallest absolute Gasteiger partial charge is 0.346 e. The maximum atomic E-state index is 10.8. The molecule has 3 heteroatoms. The van der Waals surface area contributed by atoms with Gasteiger partial charge < -0.3 is 4.98 Å². The van der Waals surface area contributed by atoms with Gasteiger partial charge in [-0.1, -0.05) is 5.52 Å². The zero-order valence-electron chi connectivity index (χ0n) is 6.37. The molecule has 0 radical (unpaired) electrons. The van der Waals surface area contributed by atoms with Crippen LogP contribution in [0.25, 0.3) is 10.9 Å². The first-order valence-corrected chi connectivity index (χ1v) is 3.36. The van der Waals surface area contributed by atoms with Crippen LogP contribution >= 0.6 is 0 Å². The fraction of sp³-hybridized carbons (Fsp3) is 0. The van der Waals surface area contributed by atoms with Crippen LogP contribution in [0, 0.1) is 6.07 Å². The molecule has 0 amide bonds. The summed E-state index contributed by atoms with van der Waals surface area (Å²) in [5.41, 5.74) is 0.681. The Morgan fingerprint density at radius 3 is 2.92 bits per heavy atom. The molecule has 0 aliphatic carbocycles. The van der Waals surface area contributed by atoms with Crippen molar-refractivity contribution in [3.05, 3.63) is 46.8 Å². The van der Waals surface area contributed by atoms with E-state index in [2.05, 4.69) is 11.1 Å². The summed E-state index contributed by atoms with van der Waals surface area (Å²) in [6.07, 6.45) is 0. The Kier molecular flexibility index (Phi) is 3.18. The van der Waals surface area contributed by atoms with Crippen LogP contribution in [-0.4, -0.2) is 4.98 Å². The van der Waals surface area contributed by atoms with Gasteiger partial charge in [0.1, 0.15) is 0 Å². The fourth-order valence-corrected chi connectivity index (χ4v) is 1.03. The Bertz CT molecular complexity index is 435. The van der Waals surface area contributed by atoms with E-state index in [0.717, 1.165) is 10.9 Å². The number of benzene rings is 1. The number of pyridine rings is 1. The van der Waals surface area contributed by atoms with Crippen LogP contribution < -0.4 is 5.56 Å². The van der Waals surface area contributed by atoms with E-state index in [1.165, 1.54) is 6.07 Å². The summed E-state index contributed by atoms with van der Waals surface area (Å²) in [6, 6.07) is 11.8. The Morgan fingerprint density at radius 2 is 2.08 bits per heavy atom. The predicted octanol–water partition coefficient (Wildman–Crippen LogP) is 1.33. The SMILES string of the molecule is O=c1ccc2ccc[c-]c2[nH]1.[Y+3]. The van der Waals surface area contributed by atoms with Gasteiger partial charge in [0.15, 0.2) is 0 Å². The predicted molar refractivity (Wildman–Crippen MR) is 43.4 cm³/mol. The molecule has 0 aliphatic heterocycles. The number of fused-ring (bicyclic) bond motifs is 1. The van der Waals surface area contributed by atoms with Gasteiger partial charge in [0.2, 0.25) is 5.56 Å². The first-order valence-electron chi connectivity index (χ1n) is 3.36. The number of para-hydroxylation sites is 1. The van der Waals surface area contributed by atoms with Gasteiger partial charge in [0, 0.05) is 0 Å².